The fourth-order valence-corrected chi connectivity index (χ4v) is 3.48. The lowest BCUT2D eigenvalue weighted by molar-refractivity contribution is 0.0665. The Bertz CT molecular complexity index is 701. The fourth-order valence-electron chi connectivity index (χ4n) is 3.48. The standard InChI is InChI=1S/C23H28O2/c1-2-18-9-11-19(12-10-18)7-5-3-4-6-8-20-13-14-22-21(15-20)16-25-17-23(22)24/h9-15H,2-8,16-17H2,1H3. The van der Waals surface area contributed by atoms with Crippen LogP contribution in [0.15, 0.2) is 42.5 Å². The van der Waals surface area contributed by atoms with Gasteiger partial charge in [-0.15, -0.1) is 0 Å². The summed E-state index contributed by atoms with van der Waals surface area (Å²) in [6, 6.07) is 15.3. The molecule has 0 saturated heterocycles. The third-order valence-corrected chi connectivity index (χ3v) is 5.07. The van der Waals surface area contributed by atoms with Crippen molar-refractivity contribution < 1.29 is 9.53 Å². The van der Waals surface area contributed by atoms with Gasteiger partial charge in [0.25, 0.3) is 0 Å². The van der Waals surface area contributed by atoms with Crippen molar-refractivity contribution in [1.82, 2.24) is 0 Å². The zero-order valence-corrected chi connectivity index (χ0v) is 15.2. The molecule has 0 bridgehead atoms. The molecule has 2 aromatic carbocycles. The minimum Gasteiger partial charge on any atom is -0.369 e. The minimum atomic E-state index is 0.111. The number of carbonyl (C=O) groups excluding carboxylic acids is 1. The molecule has 1 heterocycles. The van der Waals surface area contributed by atoms with Gasteiger partial charge in [-0.05, 0) is 54.4 Å². The monoisotopic (exact) mass is 336 g/mol. The fraction of sp³-hybridized carbons (Fsp3) is 0.435. The smallest absolute Gasteiger partial charge is 0.188 e. The maximum Gasteiger partial charge on any atom is 0.188 e. The van der Waals surface area contributed by atoms with Gasteiger partial charge >= 0.3 is 0 Å². The van der Waals surface area contributed by atoms with Crippen LogP contribution in [-0.2, 0) is 30.6 Å². The highest BCUT2D eigenvalue weighted by molar-refractivity contribution is 5.99. The lowest BCUT2D eigenvalue weighted by atomic mass is 9.97. The number of rotatable bonds is 8. The molecule has 132 valence electrons. The highest BCUT2D eigenvalue weighted by Crippen LogP contribution is 2.20. The van der Waals surface area contributed by atoms with Crippen molar-refractivity contribution in [3.63, 3.8) is 0 Å². The predicted octanol–water partition coefficient (Wildman–Crippen LogP) is 5.31. The molecule has 0 amide bonds. The zero-order chi connectivity index (χ0) is 17.5. The molecule has 1 aliphatic heterocycles. The SMILES string of the molecule is CCc1ccc(CCCCCCc2ccc3c(c2)COCC3=O)cc1. The van der Waals surface area contributed by atoms with Crippen molar-refractivity contribution in [3.8, 4) is 0 Å². The molecule has 3 rings (SSSR count). The Balaban J connectivity index is 1.36. The van der Waals surface area contributed by atoms with Gasteiger partial charge in [0, 0.05) is 5.56 Å². The first kappa shape index (κ1) is 17.9. The Kier molecular flexibility index (Phi) is 6.41. The molecular weight excluding hydrogens is 308 g/mol. The number of benzene rings is 2. The van der Waals surface area contributed by atoms with Crippen molar-refractivity contribution in [1.29, 1.82) is 0 Å². The topological polar surface area (TPSA) is 26.3 Å². The van der Waals surface area contributed by atoms with Crippen LogP contribution in [0.4, 0.5) is 0 Å². The van der Waals surface area contributed by atoms with Gasteiger partial charge in [0.05, 0.1) is 6.61 Å². The van der Waals surface area contributed by atoms with Crippen LogP contribution in [0, 0.1) is 0 Å². The third kappa shape index (κ3) is 5.02. The first-order valence-electron chi connectivity index (χ1n) is 9.57. The largest absolute Gasteiger partial charge is 0.369 e. The van der Waals surface area contributed by atoms with Crippen LogP contribution >= 0.6 is 0 Å². The molecule has 0 fully saturated rings. The molecule has 2 heteroatoms. The first-order valence-corrected chi connectivity index (χ1v) is 9.57. The molecule has 0 aromatic heterocycles. The number of unbranched alkanes of at least 4 members (excludes halogenated alkanes) is 3. The van der Waals surface area contributed by atoms with Gasteiger partial charge in [0.2, 0.25) is 0 Å². The average molecular weight is 336 g/mol. The second-order valence-corrected chi connectivity index (χ2v) is 6.99. The first-order chi connectivity index (χ1) is 12.3. The van der Waals surface area contributed by atoms with Crippen LogP contribution < -0.4 is 0 Å². The van der Waals surface area contributed by atoms with Crippen LogP contribution in [0.5, 0.6) is 0 Å². The van der Waals surface area contributed by atoms with E-state index in [1.165, 1.54) is 48.8 Å². The quantitative estimate of drug-likeness (QED) is 0.611. The number of carbonyl (C=O) groups is 1. The van der Waals surface area contributed by atoms with Crippen LogP contribution in [0.25, 0.3) is 0 Å². The predicted molar refractivity (Wildman–Crippen MR) is 102 cm³/mol. The number of hydrogen-bond acceptors (Lipinski definition) is 2. The summed E-state index contributed by atoms with van der Waals surface area (Å²) in [5.41, 5.74) is 6.11. The van der Waals surface area contributed by atoms with Gasteiger partial charge < -0.3 is 4.74 Å². The maximum atomic E-state index is 11.8. The van der Waals surface area contributed by atoms with E-state index in [2.05, 4.69) is 43.3 Å². The van der Waals surface area contributed by atoms with Gasteiger partial charge in [0.1, 0.15) is 6.61 Å². The summed E-state index contributed by atoms with van der Waals surface area (Å²) in [5, 5.41) is 0. The van der Waals surface area contributed by atoms with E-state index in [1.807, 2.05) is 6.07 Å². The molecule has 0 spiro atoms. The molecule has 1 aliphatic rings. The number of aryl methyl sites for hydroxylation is 3. The van der Waals surface area contributed by atoms with Crippen LogP contribution in [0.2, 0.25) is 0 Å². The summed E-state index contributed by atoms with van der Waals surface area (Å²) >= 11 is 0. The summed E-state index contributed by atoms with van der Waals surface area (Å²) in [7, 11) is 0. The summed E-state index contributed by atoms with van der Waals surface area (Å²) in [4.78, 5) is 11.8. The van der Waals surface area contributed by atoms with E-state index in [-0.39, 0.29) is 12.4 Å². The maximum absolute atomic E-state index is 11.8. The number of fused-ring (bicyclic) bond motifs is 1. The number of Topliss-reactive ketones (excluding diaryl/α,β-unsaturated/α-hetero) is 1. The Labute approximate surface area is 151 Å². The molecule has 0 aliphatic carbocycles. The van der Waals surface area contributed by atoms with Crippen LogP contribution in [0.3, 0.4) is 0 Å². The lowest BCUT2D eigenvalue weighted by Gasteiger charge is -2.16. The Morgan fingerprint density at radius 1 is 0.800 bits per heavy atom. The number of hydrogen-bond donors (Lipinski definition) is 0. The van der Waals surface area contributed by atoms with E-state index >= 15 is 0 Å². The molecule has 0 radical (unpaired) electrons. The molecule has 0 atom stereocenters. The summed E-state index contributed by atoms with van der Waals surface area (Å²) in [6.45, 7) is 3.00. The number of ketones is 1. The Hall–Kier alpha value is -1.93. The molecule has 25 heavy (non-hydrogen) atoms. The second kappa shape index (κ2) is 8.96. The van der Waals surface area contributed by atoms with Crippen molar-refractivity contribution in [2.45, 2.75) is 58.5 Å². The van der Waals surface area contributed by atoms with Crippen LogP contribution in [0.1, 0.15) is 65.2 Å². The van der Waals surface area contributed by atoms with Crippen LogP contribution in [-0.4, -0.2) is 12.4 Å². The second-order valence-electron chi connectivity index (χ2n) is 6.99. The Morgan fingerprint density at radius 2 is 1.44 bits per heavy atom. The van der Waals surface area contributed by atoms with Gasteiger partial charge in [-0.1, -0.05) is 62.2 Å². The van der Waals surface area contributed by atoms with E-state index in [4.69, 9.17) is 4.74 Å². The molecule has 0 saturated carbocycles. The highest BCUT2D eigenvalue weighted by atomic mass is 16.5. The van der Waals surface area contributed by atoms with Gasteiger partial charge in [-0.2, -0.15) is 0 Å². The summed E-state index contributed by atoms with van der Waals surface area (Å²) in [6.07, 6.45) is 8.40. The van der Waals surface area contributed by atoms with Crippen molar-refractivity contribution >= 4 is 5.78 Å². The normalized spacial score (nSPS) is 13.7. The van der Waals surface area contributed by atoms with E-state index in [0.717, 1.165) is 24.0 Å². The molecule has 2 aromatic rings. The summed E-state index contributed by atoms with van der Waals surface area (Å²) in [5.74, 6) is 0.111. The minimum absolute atomic E-state index is 0.111. The summed E-state index contributed by atoms with van der Waals surface area (Å²) < 4.78 is 5.33. The van der Waals surface area contributed by atoms with Crippen molar-refractivity contribution in [3.05, 3.63) is 70.3 Å². The molecule has 0 unspecified atom stereocenters. The van der Waals surface area contributed by atoms with E-state index < -0.39 is 0 Å². The van der Waals surface area contributed by atoms with E-state index in [1.54, 1.807) is 0 Å². The van der Waals surface area contributed by atoms with E-state index in [9.17, 15) is 4.79 Å². The molecule has 2 nitrogen and oxygen atoms in total. The average Bonchev–Trinajstić information content (AvgIpc) is 2.65. The van der Waals surface area contributed by atoms with E-state index in [0.29, 0.717) is 6.61 Å². The van der Waals surface area contributed by atoms with Crippen molar-refractivity contribution in [2.75, 3.05) is 6.61 Å². The van der Waals surface area contributed by atoms with Gasteiger partial charge in [-0.3, -0.25) is 4.79 Å². The number of ether oxygens (including phenoxy) is 1. The van der Waals surface area contributed by atoms with Gasteiger partial charge in [-0.25, -0.2) is 0 Å². The third-order valence-electron chi connectivity index (χ3n) is 5.07. The van der Waals surface area contributed by atoms with Gasteiger partial charge in [0.15, 0.2) is 5.78 Å². The molecule has 0 N–H and O–H groups in total. The lowest BCUT2D eigenvalue weighted by Crippen LogP contribution is -2.18. The van der Waals surface area contributed by atoms with Crippen molar-refractivity contribution in [2.24, 2.45) is 0 Å². The molecular formula is C23H28O2. The Morgan fingerprint density at radius 3 is 2.16 bits per heavy atom. The zero-order valence-electron chi connectivity index (χ0n) is 15.2. The highest BCUT2D eigenvalue weighted by Gasteiger charge is 2.17.